The van der Waals surface area contributed by atoms with Gasteiger partial charge >= 0.3 is 6.16 Å². The first-order valence-corrected chi connectivity index (χ1v) is 13.6. The van der Waals surface area contributed by atoms with Crippen molar-refractivity contribution >= 4 is 6.16 Å². The number of nitrogens with one attached hydrogen (secondary N) is 1. The average Bonchev–Trinajstić information content (AvgIpc) is 2.93. The van der Waals surface area contributed by atoms with Crippen molar-refractivity contribution in [2.24, 2.45) is 5.92 Å². The molecule has 5 atom stereocenters. The van der Waals surface area contributed by atoms with Crippen LogP contribution in [0.25, 0.3) is 0 Å². The third-order valence-corrected chi connectivity index (χ3v) is 8.30. The maximum atomic E-state index is 11.6. The van der Waals surface area contributed by atoms with Crippen molar-refractivity contribution in [2.45, 2.75) is 56.8 Å². The first kappa shape index (κ1) is 26.3. The minimum Gasteiger partial charge on any atom is -0.496 e. The number of methoxy groups -OCH3 is 1. The fourth-order valence-electron chi connectivity index (χ4n) is 6.50. The van der Waals surface area contributed by atoms with Gasteiger partial charge in [0.15, 0.2) is 0 Å². The molecule has 3 fully saturated rings. The van der Waals surface area contributed by atoms with Crippen molar-refractivity contribution in [2.75, 3.05) is 20.2 Å². The van der Waals surface area contributed by atoms with Gasteiger partial charge in [0.1, 0.15) is 11.9 Å². The molecule has 1 unspecified atom stereocenters. The summed E-state index contributed by atoms with van der Waals surface area (Å²) < 4.78 is 11.2. The van der Waals surface area contributed by atoms with Gasteiger partial charge in [-0.05, 0) is 41.6 Å². The van der Waals surface area contributed by atoms with E-state index in [0.717, 1.165) is 24.3 Å². The summed E-state index contributed by atoms with van der Waals surface area (Å²) in [6.45, 7) is 6.56. The minimum atomic E-state index is -1.20. The fraction of sp³-hybridized carbons (Fsp3) is 0.406. The molecule has 3 aliphatic rings. The van der Waals surface area contributed by atoms with Crippen LogP contribution in [-0.2, 0) is 11.3 Å². The van der Waals surface area contributed by atoms with Crippen molar-refractivity contribution in [3.63, 3.8) is 0 Å². The SMILES string of the molecule is COc1ccc(C(C)C)cc1CN[C@H]1[C@@H]2CCN(C[C@@H]2OC(=O)O)[C@H]1C(c1ccccc1)c1ccccc1. The zero-order valence-corrected chi connectivity index (χ0v) is 22.4. The number of rotatable bonds is 9. The first-order valence-electron chi connectivity index (χ1n) is 13.6. The first-order chi connectivity index (χ1) is 18.5. The highest BCUT2D eigenvalue weighted by Crippen LogP contribution is 2.43. The van der Waals surface area contributed by atoms with Gasteiger partial charge in [0, 0.05) is 42.6 Å². The number of piperidine rings is 3. The Balaban J connectivity index is 1.53. The molecule has 2 bridgehead atoms. The smallest absolute Gasteiger partial charge is 0.496 e. The Morgan fingerprint density at radius 3 is 2.24 bits per heavy atom. The van der Waals surface area contributed by atoms with E-state index in [4.69, 9.17) is 9.47 Å². The summed E-state index contributed by atoms with van der Waals surface area (Å²) in [6, 6.07) is 27.9. The third-order valence-electron chi connectivity index (χ3n) is 8.30. The van der Waals surface area contributed by atoms with E-state index in [0.29, 0.717) is 19.0 Å². The number of carboxylic acid groups (broad SMARTS) is 1. The molecule has 2 N–H and O–H groups in total. The molecule has 0 aromatic heterocycles. The Hall–Kier alpha value is -3.35. The summed E-state index contributed by atoms with van der Waals surface area (Å²) in [6.07, 6.45) is -0.662. The predicted octanol–water partition coefficient (Wildman–Crippen LogP) is 5.88. The summed E-state index contributed by atoms with van der Waals surface area (Å²) in [7, 11) is 1.71. The highest BCUT2D eigenvalue weighted by atomic mass is 16.7. The van der Waals surface area contributed by atoms with Gasteiger partial charge in [0.05, 0.1) is 7.11 Å². The number of nitrogens with zero attached hydrogens (tertiary/aromatic N) is 1. The molecular formula is C32H38N2O4. The zero-order valence-electron chi connectivity index (χ0n) is 22.4. The van der Waals surface area contributed by atoms with Crippen LogP contribution in [0, 0.1) is 5.92 Å². The molecule has 0 spiro atoms. The Morgan fingerprint density at radius 1 is 1.00 bits per heavy atom. The summed E-state index contributed by atoms with van der Waals surface area (Å²) in [4.78, 5) is 14.0. The van der Waals surface area contributed by atoms with Crippen LogP contribution in [0.1, 0.15) is 54.4 Å². The number of benzene rings is 3. The molecule has 6 rings (SSSR count). The highest BCUT2D eigenvalue weighted by Gasteiger charge is 2.51. The van der Waals surface area contributed by atoms with Crippen LogP contribution in [0.15, 0.2) is 78.9 Å². The van der Waals surface area contributed by atoms with Gasteiger partial charge in [-0.15, -0.1) is 0 Å². The Labute approximate surface area is 225 Å². The molecule has 0 aliphatic carbocycles. The molecule has 3 aromatic carbocycles. The quantitative estimate of drug-likeness (QED) is 0.348. The van der Waals surface area contributed by atoms with E-state index < -0.39 is 6.16 Å². The topological polar surface area (TPSA) is 71.0 Å². The number of hydrogen-bond acceptors (Lipinski definition) is 5. The summed E-state index contributed by atoms with van der Waals surface area (Å²) in [5, 5.41) is 13.4. The van der Waals surface area contributed by atoms with Crippen LogP contribution < -0.4 is 10.1 Å². The number of hydrogen-bond donors (Lipinski definition) is 2. The van der Waals surface area contributed by atoms with Gasteiger partial charge < -0.3 is 19.9 Å². The summed E-state index contributed by atoms with van der Waals surface area (Å²) >= 11 is 0. The fourth-order valence-corrected chi connectivity index (χ4v) is 6.50. The van der Waals surface area contributed by atoms with E-state index in [1.165, 1.54) is 16.7 Å². The lowest BCUT2D eigenvalue weighted by Gasteiger charge is -2.56. The monoisotopic (exact) mass is 514 g/mol. The molecule has 3 heterocycles. The van der Waals surface area contributed by atoms with E-state index in [-0.39, 0.29) is 30.0 Å². The molecule has 0 amide bonds. The van der Waals surface area contributed by atoms with Gasteiger partial charge in [0.25, 0.3) is 0 Å². The van der Waals surface area contributed by atoms with Crippen LogP contribution in [0.5, 0.6) is 5.75 Å². The second-order valence-corrected chi connectivity index (χ2v) is 10.8. The summed E-state index contributed by atoms with van der Waals surface area (Å²) in [5.74, 6) is 1.49. The van der Waals surface area contributed by atoms with Gasteiger partial charge in [0.2, 0.25) is 0 Å². The molecule has 3 saturated heterocycles. The lowest BCUT2D eigenvalue weighted by Crippen LogP contribution is -2.69. The number of carbonyl (C=O) groups is 1. The molecule has 200 valence electrons. The normalized spacial score (nSPS) is 24.5. The maximum Gasteiger partial charge on any atom is 0.506 e. The maximum absolute atomic E-state index is 11.6. The zero-order chi connectivity index (χ0) is 26.6. The second kappa shape index (κ2) is 11.6. The number of ether oxygens (including phenoxy) is 2. The van der Waals surface area contributed by atoms with Crippen LogP contribution in [-0.4, -0.2) is 54.5 Å². The van der Waals surface area contributed by atoms with Gasteiger partial charge in [-0.25, -0.2) is 4.79 Å². The standard InChI is InChI=1S/C32H38N2O4/c1-21(2)24-14-15-27(37-3)25(18-24)19-33-30-26-16-17-34(20-28(26)38-32(35)36)31(30)29(22-10-6-4-7-11-22)23-12-8-5-9-13-23/h4-15,18,21,26,28-31,33H,16-17,19-20H2,1-3H3,(H,35,36)/t26-,28+,30+,31+/m1/s1. The molecule has 3 aliphatic heterocycles. The predicted molar refractivity (Wildman–Crippen MR) is 149 cm³/mol. The van der Waals surface area contributed by atoms with Crippen molar-refractivity contribution < 1.29 is 19.4 Å². The average molecular weight is 515 g/mol. The van der Waals surface area contributed by atoms with Crippen LogP contribution >= 0.6 is 0 Å². The molecule has 0 radical (unpaired) electrons. The van der Waals surface area contributed by atoms with E-state index >= 15 is 0 Å². The van der Waals surface area contributed by atoms with Crippen molar-refractivity contribution in [3.8, 4) is 5.75 Å². The van der Waals surface area contributed by atoms with E-state index in [1.807, 2.05) is 6.07 Å². The van der Waals surface area contributed by atoms with Crippen molar-refractivity contribution in [3.05, 3.63) is 101 Å². The van der Waals surface area contributed by atoms with Crippen LogP contribution in [0.2, 0.25) is 0 Å². The van der Waals surface area contributed by atoms with Gasteiger partial charge in [-0.3, -0.25) is 4.90 Å². The van der Waals surface area contributed by atoms with Gasteiger partial charge in [-0.1, -0.05) is 86.6 Å². The van der Waals surface area contributed by atoms with E-state index in [2.05, 4.69) is 96.9 Å². The highest BCUT2D eigenvalue weighted by molar-refractivity contribution is 5.57. The molecule has 3 aromatic rings. The van der Waals surface area contributed by atoms with Crippen molar-refractivity contribution in [1.29, 1.82) is 0 Å². The van der Waals surface area contributed by atoms with E-state index in [1.54, 1.807) is 7.11 Å². The Morgan fingerprint density at radius 2 is 1.66 bits per heavy atom. The minimum absolute atomic E-state index is 0.0275. The van der Waals surface area contributed by atoms with Crippen molar-refractivity contribution in [1.82, 2.24) is 10.2 Å². The largest absolute Gasteiger partial charge is 0.506 e. The third kappa shape index (κ3) is 5.42. The lowest BCUT2D eigenvalue weighted by molar-refractivity contribution is -0.0951. The van der Waals surface area contributed by atoms with Gasteiger partial charge in [-0.2, -0.15) is 0 Å². The molecule has 38 heavy (non-hydrogen) atoms. The lowest BCUT2D eigenvalue weighted by atomic mass is 9.69. The van der Waals surface area contributed by atoms with Crippen LogP contribution in [0.3, 0.4) is 0 Å². The molecule has 0 saturated carbocycles. The Bertz CT molecular complexity index is 1180. The van der Waals surface area contributed by atoms with Crippen LogP contribution in [0.4, 0.5) is 4.79 Å². The van der Waals surface area contributed by atoms with E-state index in [9.17, 15) is 9.90 Å². The molecule has 6 heteroatoms. The molecular weight excluding hydrogens is 476 g/mol. The molecule has 6 nitrogen and oxygen atoms in total. The summed E-state index contributed by atoms with van der Waals surface area (Å²) in [5.41, 5.74) is 4.91. The Kier molecular flexibility index (Phi) is 8.01. The second-order valence-electron chi connectivity index (χ2n) is 10.8. The number of fused-ring (bicyclic) bond motifs is 3.